The van der Waals surface area contributed by atoms with Crippen LogP contribution in [0.1, 0.15) is 0 Å². The Hall–Kier alpha value is -0.410. The number of alkyl halides is 1. The zero-order valence-electron chi connectivity index (χ0n) is 4.42. The molecule has 2 N–H and O–H groups in total. The first-order valence-electron chi connectivity index (χ1n) is 2.28. The second kappa shape index (κ2) is 3.57. The Bertz CT molecular complexity index is 74.8. The Morgan fingerprint density at radius 1 is 1.75 bits per heavy atom. The molecule has 48 valence electrons. The van der Waals surface area contributed by atoms with Crippen LogP contribution in [0.5, 0.6) is 0 Å². The lowest BCUT2D eigenvalue weighted by Crippen LogP contribution is -2.23. The summed E-state index contributed by atoms with van der Waals surface area (Å²) in [6.07, 6.45) is -1.88. The number of halogens is 1. The third kappa shape index (κ3) is 2.04. The maximum atomic E-state index is 12.0. The summed E-state index contributed by atoms with van der Waals surface area (Å²) < 4.78 is 12.0. The SMILES string of the molecule is C=CC(F)C(O)CO. The van der Waals surface area contributed by atoms with Crippen LogP contribution in [-0.4, -0.2) is 29.1 Å². The lowest BCUT2D eigenvalue weighted by atomic mass is 10.2. The minimum Gasteiger partial charge on any atom is -0.394 e. The van der Waals surface area contributed by atoms with Crippen LogP contribution in [0.15, 0.2) is 12.7 Å². The van der Waals surface area contributed by atoms with E-state index in [2.05, 4.69) is 6.58 Å². The van der Waals surface area contributed by atoms with Crippen molar-refractivity contribution in [2.24, 2.45) is 0 Å². The van der Waals surface area contributed by atoms with E-state index in [0.29, 0.717) is 0 Å². The van der Waals surface area contributed by atoms with Crippen molar-refractivity contribution in [2.45, 2.75) is 12.3 Å². The van der Waals surface area contributed by atoms with Gasteiger partial charge in [0.1, 0.15) is 12.3 Å². The Morgan fingerprint density at radius 2 is 2.25 bits per heavy atom. The topological polar surface area (TPSA) is 40.5 Å². The van der Waals surface area contributed by atoms with Gasteiger partial charge in [0.2, 0.25) is 0 Å². The summed E-state index contributed by atoms with van der Waals surface area (Å²) in [5, 5.41) is 16.5. The highest BCUT2D eigenvalue weighted by molar-refractivity contribution is 4.83. The Balaban J connectivity index is 3.44. The van der Waals surface area contributed by atoms with Gasteiger partial charge in [-0.05, 0) is 0 Å². The number of rotatable bonds is 3. The predicted molar refractivity (Wildman–Crippen MR) is 28.2 cm³/mol. The molecule has 0 spiro atoms. The maximum Gasteiger partial charge on any atom is 0.146 e. The molecule has 2 atom stereocenters. The second-order valence-electron chi connectivity index (χ2n) is 1.43. The van der Waals surface area contributed by atoms with E-state index in [1.165, 1.54) is 0 Å². The summed E-state index contributed by atoms with van der Waals surface area (Å²) in [7, 11) is 0. The van der Waals surface area contributed by atoms with Gasteiger partial charge in [-0.15, -0.1) is 6.58 Å². The summed E-state index contributed by atoms with van der Waals surface area (Å²) in [5.74, 6) is 0. The van der Waals surface area contributed by atoms with E-state index in [1.807, 2.05) is 0 Å². The standard InChI is InChI=1S/C5H9FO2/c1-2-4(6)5(8)3-7/h2,4-5,7-8H,1,3H2. The molecule has 2 unspecified atom stereocenters. The molecule has 0 heterocycles. The molecular weight excluding hydrogens is 111 g/mol. The third-order valence-electron chi connectivity index (χ3n) is 0.780. The van der Waals surface area contributed by atoms with Crippen molar-refractivity contribution < 1.29 is 14.6 Å². The smallest absolute Gasteiger partial charge is 0.146 e. The molecular formula is C5H9FO2. The van der Waals surface area contributed by atoms with Crippen molar-refractivity contribution in [3.63, 3.8) is 0 Å². The van der Waals surface area contributed by atoms with Gasteiger partial charge in [-0.25, -0.2) is 4.39 Å². The Labute approximate surface area is 47.3 Å². The zero-order valence-corrected chi connectivity index (χ0v) is 4.42. The van der Waals surface area contributed by atoms with Gasteiger partial charge < -0.3 is 10.2 Å². The molecule has 0 aliphatic rings. The fourth-order valence-electron chi connectivity index (χ4n) is 0.258. The number of aliphatic hydroxyl groups excluding tert-OH is 2. The molecule has 8 heavy (non-hydrogen) atoms. The van der Waals surface area contributed by atoms with Crippen molar-refractivity contribution in [1.82, 2.24) is 0 Å². The maximum absolute atomic E-state index is 12.0. The van der Waals surface area contributed by atoms with Gasteiger partial charge in [0.15, 0.2) is 0 Å². The lowest BCUT2D eigenvalue weighted by Gasteiger charge is -2.06. The third-order valence-corrected chi connectivity index (χ3v) is 0.780. The predicted octanol–water partition coefficient (Wildman–Crippen LogP) is -0.136. The van der Waals surface area contributed by atoms with Crippen LogP contribution in [0, 0.1) is 0 Å². The van der Waals surface area contributed by atoms with E-state index in [9.17, 15) is 4.39 Å². The monoisotopic (exact) mass is 120 g/mol. The summed E-state index contributed by atoms with van der Waals surface area (Å²) in [4.78, 5) is 0. The molecule has 0 aromatic heterocycles. The minimum absolute atomic E-state index is 0.562. The van der Waals surface area contributed by atoms with Crippen molar-refractivity contribution >= 4 is 0 Å². The normalized spacial score (nSPS) is 17.4. The van der Waals surface area contributed by atoms with Crippen LogP contribution in [0.3, 0.4) is 0 Å². The molecule has 0 amide bonds. The summed E-state index contributed by atoms with van der Waals surface area (Å²) >= 11 is 0. The van der Waals surface area contributed by atoms with Gasteiger partial charge in [-0.3, -0.25) is 0 Å². The Morgan fingerprint density at radius 3 is 2.38 bits per heavy atom. The molecule has 0 saturated carbocycles. The van der Waals surface area contributed by atoms with E-state index < -0.39 is 18.9 Å². The summed E-state index contributed by atoms with van der Waals surface area (Å²) in [5.41, 5.74) is 0. The van der Waals surface area contributed by atoms with Crippen LogP contribution >= 0.6 is 0 Å². The average molecular weight is 120 g/mol. The van der Waals surface area contributed by atoms with E-state index >= 15 is 0 Å². The lowest BCUT2D eigenvalue weighted by molar-refractivity contribution is 0.0471. The highest BCUT2D eigenvalue weighted by atomic mass is 19.1. The van der Waals surface area contributed by atoms with Crippen LogP contribution in [0.4, 0.5) is 4.39 Å². The largest absolute Gasteiger partial charge is 0.394 e. The molecule has 0 saturated heterocycles. The van der Waals surface area contributed by atoms with Gasteiger partial charge in [-0.2, -0.15) is 0 Å². The van der Waals surface area contributed by atoms with Crippen molar-refractivity contribution in [1.29, 1.82) is 0 Å². The number of hydrogen-bond acceptors (Lipinski definition) is 2. The van der Waals surface area contributed by atoms with E-state index in [1.54, 1.807) is 0 Å². The fourth-order valence-corrected chi connectivity index (χ4v) is 0.258. The highest BCUT2D eigenvalue weighted by Crippen LogP contribution is 1.97. The van der Waals surface area contributed by atoms with Gasteiger partial charge in [-0.1, -0.05) is 6.08 Å². The fraction of sp³-hybridized carbons (Fsp3) is 0.600. The van der Waals surface area contributed by atoms with Gasteiger partial charge in [0.05, 0.1) is 6.61 Å². The number of hydrogen-bond donors (Lipinski definition) is 2. The first-order chi connectivity index (χ1) is 3.72. The van der Waals surface area contributed by atoms with E-state index in [-0.39, 0.29) is 0 Å². The number of aliphatic hydroxyl groups is 2. The first kappa shape index (κ1) is 7.59. The Kier molecular flexibility index (Phi) is 3.39. The van der Waals surface area contributed by atoms with Gasteiger partial charge in [0.25, 0.3) is 0 Å². The first-order valence-corrected chi connectivity index (χ1v) is 2.28. The molecule has 3 heteroatoms. The summed E-state index contributed by atoms with van der Waals surface area (Å²) in [6.45, 7) is 2.52. The highest BCUT2D eigenvalue weighted by Gasteiger charge is 2.11. The molecule has 0 aliphatic heterocycles. The minimum atomic E-state index is -1.51. The zero-order chi connectivity index (χ0) is 6.57. The summed E-state index contributed by atoms with van der Waals surface area (Å²) in [6, 6.07) is 0. The molecule has 2 nitrogen and oxygen atoms in total. The van der Waals surface area contributed by atoms with E-state index in [0.717, 1.165) is 6.08 Å². The van der Waals surface area contributed by atoms with Gasteiger partial charge >= 0.3 is 0 Å². The van der Waals surface area contributed by atoms with Crippen LogP contribution in [0.25, 0.3) is 0 Å². The second-order valence-corrected chi connectivity index (χ2v) is 1.43. The molecule has 0 fully saturated rings. The molecule has 0 aliphatic carbocycles. The van der Waals surface area contributed by atoms with Crippen LogP contribution < -0.4 is 0 Å². The molecule has 0 rings (SSSR count). The van der Waals surface area contributed by atoms with Crippen molar-refractivity contribution in [3.05, 3.63) is 12.7 Å². The van der Waals surface area contributed by atoms with Crippen molar-refractivity contribution in [3.8, 4) is 0 Å². The van der Waals surface area contributed by atoms with Crippen LogP contribution in [0.2, 0.25) is 0 Å². The van der Waals surface area contributed by atoms with E-state index in [4.69, 9.17) is 10.2 Å². The van der Waals surface area contributed by atoms with Crippen molar-refractivity contribution in [2.75, 3.05) is 6.61 Å². The van der Waals surface area contributed by atoms with Crippen LogP contribution in [-0.2, 0) is 0 Å². The quantitative estimate of drug-likeness (QED) is 0.509. The molecule has 0 bridgehead atoms. The average Bonchev–Trinajstić information content (AvgIpc) is 1.84. The molecule has 0 aromatic rings. The van der Waals surface area contributed by atoms with Gasteiger partial charge in [0, 0.05) is 0 Å². The molecule has 0 aromatic carbocycles. The molecule has 0 radical (unpaired) electrons.